The number of nitrogens with one attached hydrogen (secondary N) is 1. The number of likely N-dealkylation sites (tertiary alicyclic amines) is 1. The van der Waals surface area contributed by atoms with E-state index in [4.69, 9.17) is 9.31 Å². The molecule has 3 fully saturated rings. The molecule has 2 saturated heterocycles. The number of hydrogen-bond donors (Lipinski definition) is 1. The second-order valence-corrected chi connectivity index (χ2v) is 11.5. The van der Waals surface area contributed by atoms with Gasteiger partial charge >= 0.3 is 7.12 Å². The molecular formula is C29H43BN2O4. The Balaban J connectivity index is 1.60. The number of nitrogens with zero attached hydrogens (tertiary/aromatic N) is 1. The Kier molecular flexibility index (Phi) is 8.30. The van der Waals surface area contributed by atoms with Gasteiger partial charge in [0.05, 0.1) is 17.6 Å². The fraction of sp³-hybridized carbons (Fsp3) is 0.655. The lowest BCUT2D eigenvalue weighted by molar-refractivity contribution is -0.139. The predicted octanol–water partition coefficient (Wildman–Crippen LogP) is 4.56. The van der Waals surface area contributed by atoms with Gasteiger partial charge in [-0.2, -0.15) is 0 Å². The second-order valence-electron chi connectivity index (χ2n) is 11.5. The Morgan fingerprint density at radius 1 is 1.31 bits per heavy atom. The summed E-state index contributed by atoms with van der Waals surface area (Å²) in [6.45, 7) is 15.1. The van der Waals surface area contributed by atoms with E-state index in [2.05, 4.69) is 64.7 Å². The van der Waals surface area contributed by atoms with E-state index in [0.717, 1.165) is 32.1 Å². The van der Waals surface area contributed by atoms with Gasteiger partial charge in [0.15, 0.2) is 0 Å². The molecular weight excluding hydrogens is 451 g/mol. The van der Waals surface area contributed by atoms with E-state index in [1.54, 1.807) is 4.90 Å². The number of hydrogen-bond acceptors (Lipinski definition) is 4. The minimum absolute atomic E-state index is 0.0169. The number of carbonyl (C=O) groups excluding carboxylic acids is 2. The van der Waals surface area contributed by atoms with Crippen LogP contribution in [0.5, 0.6) is 0 Å². The molecule has 1 saturated carbocycles. The number of rotatable bonds is 7. The summed E-state index contributed by atoms with van der Waals surface area (Å²) in [4.78, 5) is 27.8. The molecule has 196 valence electrons. The lowest BCUT2D eigenvalue weighted by Gasteiger charge is -2.44. The monoisotopic (exact) mass is 494 g/mol. The van der Waals surface area contributed by atoms with Gasteiger partial charge in [-0.25, -0.2) is 0 Å². The molecule has 1 N–H and O–H groups in total. The van der Waals surface area contributed by atoms with Crippen molar-refractivity contribution in [2.45, 2.75) is 103 Å². The SMILES string of the molecule is C=CC(=O)N1CCCCC1C(=O)NC(Cc1ccc(C)cc1C)B1OC2CC(C)CC(CC)[C@]2(C)O1. The van der Waals surface area contributed by atoms with Crippen molar-refractivity contribution in [1.29, 1.82) is 0 Å². The Bertz CT molecular complexity index is 984. The van der Waals surface area contributed by atoms with Crippen LogP contribution in [0, 0.1) is 25.7 Å². The Morgan fingerprint density at radius 2 is 2.08 bits per heavy atom. The van der Waals surface area contributed by atoms with Crippen LogP contribution >= 0.6 is 0 Å². The average Bonchev–Trinajstić information content (AvgIpc) is 3.21. The summed E-state index contributed by atoms with van der Waals surface area (Å²) < 4.78 is 13.4. The Labute approximate surface area is 217 Å². The first-order valence-corrected chi connectivity index (χ1v) is 13.8. The van der Waals surface area contributed by atoms with Crippen molar-refractivity contribution in [2.75, 3.05) is 6.54 Å². The molecule has 36 heavy (non-hydrogen) atoms. The highest BCUT2D eigenvalue weighted by Gasteiger charge is 2.57. The summed E-state index contributed by atoms with van der Waals surface area (Å²) >= 11 is 0. The van der Waals surface area contributed by atoms with Crippen LogP contribution in [0.3, 0.4) is 0 Å². The zero-order chi connectivity index (χ0) is 26.0. The lowest BCUT2D eigenvalue weighted by atomic mass is 9.69. The molecule has 0 aromatic heterocycles. The van der Waals surface area contributed by atoms with E-state index in [1.165, 1.54) is 22.8 Å². The number of amides is 2. The van der Waals surface area contributed by atoms with E-state index in [-0.39, 0.29) is 29.5 Å². The molecule has 5 unspecified atom stereocenters. The number of fused-ring (bicyclic) bond motifs is 1. The minimum atomic E-state index is -0.531. The molecule has 2 aliphatic heterocycles. The quantitative estimate of drug-likeness (QED) is 0.446. The van der Waals surface area contributed by atoms with Crippen LogP contribution < -0.4 is 5.32 Å². The van der Waals surface area contributed by atoms with Gasteiger partial charge in [-0.1, -0.05) is 50.6 Å². The van der Waals surface area contributed by atoms with Gasteiger partial charge < -0.3 is 19.5 Å². The summed E-state index contributed by atoms with van der Waals surface area (Å²) in [6, 6.07) is 5.93. The molecule has 1 aliphatic carbocycles. The molecule has 0 radical (unpaired) electrons. The van der Waals surface area contributed by atoms with Crippen LogP contribution in [0.25, 0.3) is 0 Å². The molecule has 6 atom stereocenters. The van der Waals surface area contributed by atoms with Crippen LogP contribution in [0.2, 0.25) is 0 Å². The first-order chi connectivity index (χ1) is 17.2. The van der Waals surface area contributed by atoms with Crippen molar-refractivity contribution in [3.63, 3.8) is 0 Å². The van der Waals surface area contributed by atoms with E-state index in [9.17, 15) is 9.59 Å². The maximum absolute atomic E-state index is 13.6. The zero-order valence-electron chi connectivity index (χ0n) is 22.7. The largest absolute Gasteiger partial charge is 0.482 e. The zero-order valence-corrected chi connectivity index (χ0v) is 22.7. The van der Waals surface area contributed by atoms with Crippen LogP contribution in [0.15, 0.2) is 30.9 Å². The predicted molar refractivity (Wildman–Crippen MR) is 143 cm³/mol. The summed E-state index contributed by atoms with van der Waals surface area (Å²) in [5, 5.41) is 3.28. The maximum atomic E-state index is 13.6. The molecule has 4 rings (SSSR count). The molecule has 6 nitrogen and oxygen atoms in total. The van der Waals surface area contributed by atoms with Crippen molar-refractivity contribution in [3.8, 4) is 0 Å². The maximum Gasteiger partial charge on any atom is 0.482 e. The Morgan fingerprint density at radius 3 is 2.78 bits per heavy atom. The van der Waals surface area contributed by atoms with E-state index in [0.29, 0.717) is 31.2 Å². The third-order valence-electron chi connectivity index (χ3n) is 8.77. The molecule has 2 heterocycles. The van der Waals surface area contributed by atoms with Crippen molar-refractivity contribution >= 4 is 18.9 Å². The molecule has 0 bridgehead atoms. The number of carbonyl (C=O) groups is 2. The summed E-state index contributed by atoms with van der Waals surface area (Å²) in [7, 11) is -0.531. The first-order valence-electron chi connectivity index (χ1n) is 13.8. The van der Waals surface area contributed by atoms with Crippen LogP contribution in [-0.4, -0.2) is 54.1 Å². The molecule has 7 heteroatoms. The van der Waals surface area contributed by atoms with Crippen LogP contribution in [0.1, 0.15) is 76.0 Å². The lowest BCUT2D eigenvalue weighted by Crippen LogP contribution is -2.57. The van der Waals surface area contributed by atoms with Crippen LogP contribution in [-0.2, 0) is 25.3 Å². The average molecular weight is 494 g/mol. The molecule has 2 amide bonds. The van der Waals surface area contributed by atoms with Gasteiger partial charge in [0, 0.05) is 6.54 Å². The van der Waals surface area contributed by atoms with Gasteiger partial charge in [-0.15, -0.1) is 0 Å². The smallest absolute Gasteiger partial charge is 0.404 e. The normalized spacial score (nSPS) is 31.0. The molecule has 1 aromatic carbocycles. The highest BCUT2D eigenvalue weighted by atomic mass is 16.7. The van der Waals surface area contributed by atoms with Gasteiger partial charge in [-0.05, 0) is 88.3 Å². The highest BCUT2D eigenvalue weighted by molar-refractivity contribution is 6.48. The van der Waals surface area contributed by atoms with Gasteiger partial charge in [0.1, 0.15) is 6.04 Å². The third kappa shape index (κ3) is 5.42. The topological polar surface area (TPSA) is 67.9 Å². The van der Waals surface area contributed by atoms with Gasteiger partial charge in [0.25, 0.3) is 0 Å². The van der Waals surface area contributed by atoms with E-state index < -0.39 is 13.2 Å². The molecule has 3 aliphatic rings. The molecule has 1 aromatic rings. The third-order valence-corrected chi connectivity index (χ3v) is 8.77. The van der Waals surface area contributed by atoms with Crippen molar-refractivity contribution in [1.82, 2.24) is 10.2 Å². The first kappa shape index (κ1) is 26.9. The van der Waals surface area contributed by atoms with Crippen LogP contribution in [0.4, 0.5) is 0 Å². The molecule has 0 spiro atoms. The van der Waals surface area contributed by atoms with Gasteiger partial charge in [-0.3, -0.25) is 9.59 Å². The number of aryl methyl sites for hydroxylation is 2. The Hall–Kier alpha value is -2.12. The fourth-order valence-electron chi connectivity index (χ4n) is 6.62. The summed E-state index contributed by atoms with van der Waals surface area (Å²) in [5.74, 6) is 0.340. The fourth-order valence-corrected chi connectivity index (χ4v) is 6.62. The summed E-state index contributed by atoms with van der Waals surface area (Å²) in [5.41, 5.74) is 3.22. The van der Waals surface area contributed by atoms with Gasteiger partial charge in [0.2, 0.25) is 11.8 Å². The van der Waals surface area contributed by atoms with Crippen molar-refractivity contribution in [3.05, 3.63) is 47.5 Å². The second kappa shape index (κ2) is 11.1. The summed E-state index contributed by atoms with van der Waals surface area (Å²) in [6.07, 6.45) is 7.56. The number of benzene rings is 1. The minimum Gasteiger partial charge on any atom is -0.404 e. The number of piperidine rings is 1. The van der Waals surface area contributed by atoms with E-state index in [1.807, 2.05) is 0 Å². The highest BCUT2D eigenvalue weighted by Crippen LogP contribution is 2.47. The van der Waals surface area contributed by atoms with Crippen molar-refractivity contribution in [2.24, 2.45) is 11.8 Å². The van der Waals surface area contributed by atoms with E-state index >= 15 is 0 Å². The van der Waals surface area contributed by atoms with Crippen molar-refractivity contribution < 1.29 is 18.9 Å². The standard InChI is InChI=1S/C29H43BN2O4/c1-7-23-16-20(4)17-25-29(23,6)36-30(35-25)26(18-22-13-12-19(3)15-21(22)5)31-28(34)24-11-9-10-14-32(24)27(33)8-2/h8,12-13,15,20,23-26H,2,7,9-11,14,16-18H2,1,3-6H3,(H,31,34)/t20?,23?,24?,25?,26?,29-/m0/s1.